The molecule has 19 heteroatoms. The van der Waals surface area contributed by atoms with E-state index in [9.17, 15) is 34.8 Å². The number of carbonyl (C=O) groups is 1. The third kappa shape index (κ3) is 9.95. The minimum Gasteiger partial charge on any atom is -0.455 e. The summed E-state index contributed by atoms with van der Waals surface area (Å²) in [5, 5.41) is 6.87. The number of sulfone groups is 1. The number of aromatic nitrogens is 2. The molecule has 1 aliphatic heterocycles. The van der Waals surface area contributed by atoms with Crippen LogP contribution in [0.25, 0.3) is 22.2 Å². The van der Waals surface area contributed by atoms with Crippen molar-refractivity contribution in [1.29, 1.82) is 0 Å². The Morgan fingerprint density at radius 2 is 1.66 bits per heavy atom. The molecule has 1 fully saturated rings. The van der Waals surface area contributed by atoms with Gasteiger partial charge in [0, 0.05) is 67.6 Å². The Balaban J connectivity index is 1.13. The monoisotopic (exact) mass is 895 g/mol. The number of hydrogen-bond donors (Lipinski definition) is 4. The van der Waals surface area contributed by atoms with Crippen molar-refractivity contribution in [3.05, 3.63) is 126 Å². The normalized spacial score (nSPS) is 14.0. The zero-order chi connectivity index (χ0) is 43.4. The second-order valence-electron chi connectivity index (χ2n) is 14.2. The highest BCUT2D eigenvalue weighted by Crippen LogP contribution is 2.37. The summed E-state index contributed by atoms with van der Waals surface area (Å²) in [6.07, 6.45) is 3.55. The maximum Gasteiger partial charge on any atom is 0.501 e. The molecule has 0 radical (unpaired) electrons. The van der Waals surface area contributed by atoms with E-state index in [1.807, 2.05) is 41.1 Å². The van der Waals surface area contributed by atoms with Gasteiger partial charge in [0.2, 0.25) is 0 Å². The summed E-state index contributed by atoms with van der Waals surface area (Å²) in [4.78, 5) is 23.4. The molecule has 0 spiro atoms. The summed E-state index contributed by atoms with van der Waals surface area (Å²) in [6, 6.07) is 26.2. The largest absolute Gasteiger partial charge is 0.501 e. The van der Waals surface area contributed by atoms with Crippen LogP contribution < -0.4 is 25.0 Å². The highest BCUT2D eigenvalue weighted by Gasteiger charge is 2.48. The van der Waals surface area contributed by atoms with Crippen LogP contribution in [0.3, 0.4) is 0 Å². The van der Waals surface area contributed by atoms with Crippen molar-refractivity contribution in [1.82, 2.24) is 24.9 Å². The van der Waals surface area contributed by atoms with Crippen molar-refractivity contribution < 1.29 is 39.5 Å². The van der Waals surface area contributed by atoms with Gasteiger partial charge in [0.25, 0.3) is 25.8 Å². The third-order valence-corrected chi connectivity index (χ3v) is 13.2. The number of hydrogen-bond acceptors (Lipinski definition) is 11. The first-order valence-corrected chi connectivity index (χ1v) is 22.4. The lowest BCUT2D eigenvalue weighted by Gasteiger charge is -2.36. The van der Waals surface area contributed by atoms with Crippen LogP contribution in [-0.4, -0.2) is 89.4 Å². The standard InChI is InChI=1S/C42H41ClF3N7O6S2/c1-47-16-4-17-48-37-14-12-34(25-39(37)60(55,56)42(44,45)46)61(57,58)51-41(54)36-13-11-32(24-38(36)59-33-23-29-15-18-49-40(29)50-26-33)53-21-19-52(20-22-53)27-30-5-2-3-6-35(30)28-7-9-31(43)10-8-28/h2-3,5-15,18,23-26,47-48H,4,16-17,19-22,27H2,1H3,(H,49,50)(H,51,54). The Morgan fingerprint density at radius 1 is 0.902 bits per heavy atom. The number of rotatable bonds is 15. The van der Waals surface area contributed by atoms with Crippen LogP contribution in [-0.2, 0) is 26.4 Å². The predicted octanol–water partition coefficient (Wildman–Crippen LogP) is 7.43. The van der Waals surface area contributed by atoms with Gasteiger partial charge in [0.05, 0.1) is 22.3 Å². The average molecular weight is 896 g/mol. The fourth-order valence-corrected chi connectivity index (χ4v) is 9.10. The summed E-state index contributed by atoms with van der Waals surface area (Å²) in [6.45, 7) is 3.92. The maximum atomic E-state index is 13.8. The molecule has 0 saturated carbocycles. The van der Waals surface area contributed by atoms with E-state index in [0.29, 0.717) is 73.5 Å². The van der Waals surface area contributed by atoms with Crippen molar-refractivity contribution in [2.75, 3.05) is 56.5 Å². The molecule has 0 unspecified atom stereocenters. The molecule has 7 rings (SSSR count). The molecule has 4 aromatic carbocycles. The fourth-order valence-electron chi connectivity index (χ4n) is 6.94. The number of benzene rings is 4. The number of H-pyrrole nitrogens is 1. The lowest BCUT2D eigenvalue weighted by Crippen LogP contribution is -2.46. The summed E-state index contributed by atoms with van der Waals surface area (Å²) in [5.41, 5.74) is -1.78. The van der Waals surface area contributed by atoms with Gasteiger partial charge >= 0.3 is 5.51 Å². The van der Waals surface area contributed by atoms with Gasteiger partial charge < -0.3 is 25.3 Å². The third-order valence-electron chi connectivity index (χ3n) is 10.1. The SMILES string of the molecule is CNCCCNc1ccc(S(=O)(=O)NC(=O)c2ccc(N3CCN(Cc4ccccc4-c4ccc(Cl)cc4)CC3)cc2Oc2cnc3[nH]ccc3c2)cc1S(=O)(=O)C(F)(F)F. The average Bonchev–Trinajstić information content (AvgIpc) is 3.71. The Hall–Kier alpha value is -5.66. The van der Waals surface area contributed by atoms with E-state index >= 15 is 0 Å². The summed E-state index contributed by atoms with van der Waals surface area (Å²) < 4.78 is 102. The number of nitrogens with one attached hydrogen (secondary N) is 4. The van der Waals surface area contributed by atoms with Gasteiger partial charge in [0.1, 0.15) is 22.0 Å². The van der Waals surface area contributed by atoms with E-state index < -0.39 is 46.8 Å². The van der Waals surface area contributed by atoms with Crippen molar-refractivity contribution in [3.63, 3.8) is 0 Å². The molecular formula is C42H41ClF3N7O6S2. The van der Waals surface area contributed by atoms with Crippen LogP contribution in [0.2, 0.25) is 5.02 Å². The first kappa shape index (κ1) is 43.4. The summed E-state index contributed by atoms with van der Waals surface area (Å²) >= 11 is 6.13. The van der Waals surface area contributed by atoms with E-state index in [0.717, 1.165) is 23.3 Å². The molecule has 1 aliphatic rings. The smallest absolute Gasteiger partial charge is 0.455 e. The number of halogens is 4. The van der Waals surface area contributed by atoms with Crippen LogP contribution in [0.4, 0.5) is 24.5 Å². The molecule has 1 saturated heterocycles. The number of anilines is 2. The lowest BCUT2D eigenvalue weighted by molar-refractivity contribution is -0.0435. The van der Waals surface area contributed by atoms with Crippen LogP contribution >= 0.6 is 11.6 Å². The minimum absolute atomic E-state index is 0.0253. The molecule has 0 aliphatic carbocycles. The zero-order valence-corrected chi connectivity index (χ0v) is 35.1. The Morgan fingerprint density at radius 3 is 2.39 bits per heavy atom. The molecule has 0 bridgehead atoms. The van der Waals surface area contributed by atoms with Gasteiger partial charge in [0.15, 0.2) is 0 Å². The van der Waals surface area contributed by atoms with Crippen LogP contribution in [0.15, 0.2) is 119 Å². The van der Waals surface area contributed by atoms with Crippen molar-refractivity contribution in [2.24, 2.45) is 0 Å². The number of ether oxygens (including phenoxy) is 1. The summed E-state index contributed by atoms with van der Waals surface area (Å²) in [5.74, 6) is -0.955. The van der Waals surface area contributed by atoms with Gasteiger partial charge in [-0.05, 0) is 91.3 Å². The topological polar surface area (TPSA) is 166 Å². The first-order valence-electron chi connectivity index (χ1n) is 19.1. The van der Waals surface area contributed by atoms with Gasteiger partial charge in [-0.25, -0.2) is 26.5 Å². The van der Waals surface area contributed by atoms with E-state index in [1.54, 1.807) is 37.5 Å². The number of sulfonamides is 1. The van der Waals surface area contributed by atoms with Crippen LogP contribution in [0, 0.1) is 0 Å². The molecule has 0 atom stereocenters. The van der Waals surface area contributed by atoms with Crippen molar-refractivity contribution >= 4 is 59.8 Å². The molecule has 320 valence electrons. The van der Waals surface area contributed by atoms with E-state index in [1.165, 1.54) is 17.8 Å². The Labute approximate surface area is 355 Å². The van der Waals surface area contributed by atoms with Crippen LogP contribution in [0.5, 0.6) is 11.5 Å². The van der Waals surface area contributed by atoms with E-state index in [2.05, 4.69) is 42.5 Å². The van der Waals surface area contributed by atoms with Gasteiger partial charge in [-0.3, -0.25) is 9.69 Å². The van der Waals surface area contributed by atoms with Gasteiger partial charge in [-0.15, -0.1) is 0 Å². The number of alkyl halides is 3. The minimum atomic E-state index is -6.01. The molecule has 4 N–H and O–H groups in total. The Kier molecular flexibility index (Phi) is 12.9. The van der Waals surface area contributed by atoms with Gasteiger partial charge in [-0.2, -0.15) is 13.2 Å². The van der Waals surface area contributed by atoms with E-state index in [-0.39, 0.29) is 23.6 Å². The molecule has 13 nitrogen and oxygen atoms in total. The number of carbonyl (C=O) groups excluding carboxylic acids is 1. The molecule has 3 heterocycles. The number of nitrogens with zero attached hydrogens (tertiary/aromatic N) is 3. The van der Waals surface area contributed by atoms with Crippen molar-refractivity contribution in [3.8, 4) is 22.6 Å². The predicted molar refractivity (Wildman–Crippen MR) is 228 cm³/mol. The second-order valence-corrected chi connectivity index (χ2v) is 18.3. The molecule has 61 heavy (non-hydrogen) atoms. The molecule has 1 amide bonds. The Bertz CT molecular complexity index is 2760. The number of pyridine rings is 1. The summed E-state index contributed by atoms with van der Waals surface area (Å²) in [7, 11) is -9.28. The molecule has 6 aromatic rings. The first-order chi connectivity index (χ1) is 29.1. The zero-order valence-electron chi connectivity index (χ0n) is 32.7. The quantitative estimate of drug-likeness (QED) is 0.0758. The number of fused-ring (bicyclic) bond motifs is 1. The highest BCUT2D eigenvalue weighted by molar-refractivity contribution is 7.92. The molecular weight excluding hydrogens is 855 g/mol. The lowest BCUT2D eigenvalue weighted by atomic mass is 9.99. The van der Waals surface area contributed by atoms with Crippen LogP contribution in [0.1, 0.15) is 22.3 Å². The number of amides is 1. The second kappa shape index (κ2) is 18.1. The fraction of sp³-hybridized carbons (Fsp3) is 0.238. The molecule has 2 aromatic heterocycles. The maximum absolute atomic E-state index is 13.8. The van der Waals surface area contributed by atoms with Crippen molar-refractivity contribution in [2.45, 2.75) is 28.3 Å². The number of piperazine rings is 1. The number of aromatic amines is 1. The van der Waals surface area contributed by atoms with E-state index in [4.69, 9.17) is 16.3 Å². The van der Waals surface area contributed by atoms with Gasteiger partial charge in [-0.1, -0.05) is 48.0 Å². The highest BCUT2D eigenvalue weighted by atomic mass is 35.5.